The number of hydrogen-bond donors (Lipinski definition) is 1. The van der Waals surface area contributed by atoms with E-state index in [-0.39, 0.29) is 11.7 Å². The first kappa shape index (κ1) is 22.7. The maximum absolute atomic E-state index is 12.1. The van der Waals surface area contributed by atoms with Crippen molar-refractivity contribution >= 4 is 46.6 Å². The number of hydrazone groups is 1. The van der Waals surface area contributed by atoms with Crippen molar-refractivity contribution in [2.75, 3.05) is 12.9 Å². The Balaban J connectivity index is 1.30. The zero-order valence-corrected chi connectivity index (χ0v) is 19.2. The van der Waals surface area contributed by atoms with Crippen molar-refractivity contribution in [2.24, 2.45) is 5.10 Å². The Morgan fingerprint density at radius 1 is 1.15 bits per heavy atom. The number of aromatic nitrogens is 1. The van der Waals surface area contributed by atoms with Gasteiger partial charge in [0.05, 0.1) is 19.1 Å². The quantitative estimate of drug-likeness (QED) is 0.198. The monoisotopic (exact) mass is 481 g/mol. The van der Waals surface area contributed by atoms with Gasteiger partial charge in [-0.3, -0.25) is 4.79 Å². The average molecular weight is 482 g/mol. The Bertz CT molecular complexity index is 1260. The van der Waals surface area contributed by atoms with Crippen LogP contribution >= 0.6 is 23.4 Å². The van der Waals surface area contributed by atoms with Crippen LogP contribution in [0.5, 0.6) is 11.5 Å². The number of halogens is 1. The first-order valence-electron chi connectivity index (χ1n) is 9.97. The highest BCUT2D eigenvalue weighted by Gasteiger charge is 2.09. The minimum absolute atomic E-state index is 0.127. The molecule has 7 nitrogen and oxygen atoms in total. The summed E-state index contributed by atoms with van der Waals surface area (Å²) in [5, 5.41) is 5.09. The van der Waals surface area contributed by atoms with E-state index in [4.69, 9.17) is 25.5 Å². The van der Waals surface area contributed by atoms with E-state index in [0.29, 0.717) is 33.9 Å². The van der Waals surface area contributed by atoms with Crippen molar-refractivity contribution in [1.29, 1.82) is 0 Å². The van der Waals surface area contributed by atoms with Gasteiger partial charge in [0, 0.05) is 10.6 Å². The number of para-hydroxylation sites is 2. The van der Waals surface area contributed by atoms with Gasteiger partial charge in [-0.25, -0.2) is 10.4 Å². The average Bonchev–Trinajstić information content (AvgIpc) is 3.26. The number of ether oxygens (including phenoxy) is 2. The number of carbonyl (C=O) groups excluding carboxylic acids is 1. The minimum Gasteiger partial charge on any atom is -0.493 e. The zero-order valence-electron chi connectivity index (χ0n) is 17.7. The van der Waals surface area contributed by atoms with Crippen molar-refractivity contribution in [3.05, 3.63) is 82.9 Å². The van der Waals surface area contributed by atoms with Gasteiger partial charge in [0.25, 0.3) is 11.1 Å². The molecule has 168 valence electrons. The smallest absolute Gasteiger partial charge is 0.257 e. The number of rotatable bonds is 9. The molecule has 0 unspecified atom stereocenters. The normalized spacial score (nSPS) is 11.1. The van der Waals surface area contributed by atoms with E-state index in [9.17, 15) is 4.79 Å². The molecule has 3 aromatic carbocycles. The Kier molecular flexibility index (Phi) is 7.49. The van der Waals surface area contributed by atoms with Crippen molar-refractivity contribution in [2.45, 2.75) is 11.8 Å². The second-order valence-corrected chi connectivity index (χ2v) is 8.15. The van der Waals surface area contributed by atoms with Crippen LogP contribution in [0.4, 0.5) is 0 Å². The molecule has 0 aliphatic rings. The van der Waals surface area contributed by atoms with Gasteiger partial charge < -0.3 is 13.9 Å². The molecule has 0 fully saturated rings. The van der Waals surface area contributed by atoms with Crippen LogP contribution in [0, 0.1) is 0 Å². The second-order valence-electron chi connectivity index (χ2n) is 6.82. The molecule has 0 spiro atoms. The van der Waals surface area contributed by atoms with Gasteiger partial charge in [-0.1, -0.05) is 53.7 Å². The number of benzene rings is 3. The van der Waals surface area contributed by atoms with Crippen LogP contribution in [-0.2, 0) is 11.4 Å². The van der Waals surface area contributed by atoms with Gasteiger partial charge in [0.15, 0.2) is 17.1 Å². The number of carbonyl (C=O) groups is 1. The lowest BCUT2D eigenvalue weighted by atomic mass is 10.2. The van der Waals surface area contributed by atoms with Gasteiger partial charge in [-0.2, -0.15) is 5.10 Å². The number of amides is 1. The number of oxazole rings is 1. The van der Waals surface area contributed by atoms with E-state index < -0.39 is 0 Å². The number of methoxy groups -OCH3 is 1. The largest absolute Gasteiger partial charge is 0.493 e. The molecule has 0 radical (unpaired) electrons. The molecular formula is C24H20ClN3O4S. The molecule has 0 bridgehead atoms. The first-order valence-corrected chi connectivity index (χ1v) is 11.3. The lowest BCUT2D eigenvalue weighted by Crippen LogP contribution is -2.19. The summed E-state index contributed by atoms with van der Waals surface area (Å²) in [7, 11) is 1.56. The molecule has 1 amide bonds. The molecule has 4 rings (SSSR count). The molecule has 1 heterocycles. The van der Waals surface area contributed by atoms with Crippen LogP contribution in [0.15, 0.2) is 81.5 Å². The van der Waals surface area contributed by atoms with Crippen LogP contribution in [0.2, 0.25) is 5.02 Å². The van der Waals surface area contributed by atoms with Gasteiger partial charge in [0.2, 0.25) is 0 Å². The van der Waals surface area contributed by atoms with E-state index in [1.807, 2.05) is 54.6 Å². The number of hydrogen-bond acceptors (Lipinski definition) is 7. The summed E-state index contributed by atoms with van der Waals surface area (Å²) in [4.78, 5) is 16.4. The Morgan fingerprint density at radius 2 is 1.97 bits per heavy atom. The van der Waals surface area contributed by atoms with E-state index in [0.717, 1.165) is 16.6 Å². The van der Waals surface area contributed by atoms with Crippen molar-refractivity contribution in [1.82, 2.24) is 10.4 Å². The highest BCUT2D eigenvalue weighted by molar-refractivity contribution is 7.99. The summed E-state index contributed by atoms with van der Waals surface area (Å²) >= 11 is 7.38. The number of nitrogens with one attached hydrogen (secondary N) is 1. The summed E-state index contributed by atoms with van der Waals surface area (Å²) in [6.45, 7) is 0.317. The fourth-order valence-corrected chi connectivity index (χ4v) is 3.73. The highest BCUT2D eigenvalue weighted by Crippen LogP contribution is 2.29. The third-order valence-electron chi connectivity index (χ3n) is 4.53. The van der Waals surface area contributed by atoms with Crippen LogP contribution in [0.1, 0.15) is 11.1 Å². The van der Waals surface area contributed by atoms with Crippen molar-refractivity contribution < 1.29 is 18.7 Å². The van der Waals surface area contributed by atoms with E-state index in [2.05, 4.69) is 15.5 Å². The standard InChI is InChI=1S/C24H20ClN3O4S/c1-30-22-12-16(10-11-21(22)31-14-17-6-2-3-7-18(17)25)13-26-28-23(29)15-33-24-27-19-8-4-5-9-20(19)32-24/h2-13H,14-15H2,1H3,(H,28,29). The summed E-state index contributed by atoms with van der Waals surface area (Å²) in [6.07, 6.45) is 1.53. The van der Waals surface area contributed by atoms with E-state index in [1.54, 1.807) is 19.2 Å². The summed E-state index contributed by atoms with van der Waals surface area (Å²) in [6, 6.07) is 20.3. The minimum atomic E-state index is -0.273. The second kappa shape index (κ2) is 10.9. The summed E-state index contributed by atoms with van der Waals surface area (Å²) in [5.41, 5.74) is 5.56. The maximum Gasteiger partial charge on any atom is 0.257 e. The molecule has 1 aromatic heterocycles. The molecule has 1 N–H and O–H groups in total. The Morgan fingerprint density at radius 3 is 2.79 bits per heavy atom. The predicted octanol–water partition coefficient (Wildman–Crippen LogP) is 5.31. The van der Waals surface area contributed by atoms with Crippen molar-refractivity contribution in [3.8, 4) is 11.5 Å². The lowest BCUT2D eigenvalue weighted by Gasteiger charge is -2.12. The van der Waals surface area contributed by atoms with E-state index in [1.165, 1.54) is 18.0 Å². The summed E-state index contributed by atoms with van der Waals surface area (Å²) in [5.74, 6) is 0.977. The summed E-state index contributed by atoms with van der Waals surface area (Å²) < 4.78 is 16.8. The molecule has 0 atom stereocenters. The first-order chi connectivity index (χ1) is 16.1. The number of nitrogens with zero attached hydrogens (tertiary/aromatic N) is 2. The van der Waals surface area contributed by atoms with E-state index >= 15 is 0 Å². The molecule has 4 aromatic rings. The molecule has 0 saturated heterocycles. The maximum atomic E-state index is 12.1. The fraction of sp³-hybridized carbons (Fsp3) is 0.125. The number of thioether (sulfide) groups is 1. The predicted molar refractivity (Wildman–Crippen MR) is 129 cm³/mol. The molecule has 0 saturated carbocycles. The third-order valence-corrected chi connectivity index (χ3v) is 5.73. The lowest BCUT2D eigenvalue weighted by molar-refractivity contribution is -0.118. The van der Waals surface area contributed by atoms with Crippen molar-refractivity contribution in [3.63, 3.8) is 0 Å². The molecule has 33 heavy (non-hydrogen) atoms. The van der Waals surface area contributed by atoms with Gasteiger partial charge >= 0.3 is 0 Å². The van der Waals surface area contributed by atoms with Gasteiger partial charge in [0.1, 0.15) is 12.1 Å². The molecule has 0 aliphatic heterocycles. The highest BCUT2D eigenvalue weighted by atomic mass is 35.5. The van der Waals surface area contributed by atoms with Gasteiger partial charge in [-0.05, 0) is 42.0 Å². The molecular weight excluding hydrogens is 462 g/mol. The topological polar surface area (TPSA) is 86.0 Å². The Labute approximate surface area is 199 Å². The third kappa shape index (κ3) is 6.06. The van der Waals surface area contributed by atoms with Crippen LogP contribution in [0.25, 0.3) is 11.1 Å². The van der Waals surface area contributed by atoms with Gasteiger partial charge in [-0.15, -0.1) is 0 Å². The Hall–Kier alpha value is -3.49. The molecule has 9 heteroatoms. The van der Waals surface area contributed by atoms with Crippen LogP contribution < -0.4 is 14.9 Å². The fourth-order valence-electron chi connectivity index (χ4n) is 2.91. The zero-order chi connectivity index (χ0) is 23.0. The molecule has 0 aliphatic carbocycles. The number of fused-ring (bicyclic) bond motifs is 1. The van der Waals surface area contributed by atoms with Crippen LogP contribution in [0.3, 0.4) is 0 Å². The SMILES string of the molecule is COc1cc(C=NNC(=O)CSc2nc3ccccc3o2)ccc1OCc1ccccc1Cl. The van der Waals surface area contributed by atoms with Crippen LogP contribution in [-0.4, -0.2) is 30.0 Å².